The van der Waals surface area contributed by atoms with Gasteiger partial charge in [0.1, 0.15) is 13.2 Å². The van der Waals surface area contributed by atoms with Crippen LogP contribution < -0.4 is 9.47 Å². The summed E-state index contributed by atoms with van der Waals surface area (Å²) in [6.45, 7) is 1.55. The SMILES string of the molecule is OCC1CC1c1ccc2c(c1)OCCO2. The van der Waals surface area contributed by atoms with Gasteiger partial charge in [-0.25, -0.2) is 0 Å². The van der Waals surface area contributed by atoms with E-state index < -0.39 is 0 Å². The largest absolute Gasteiger partial charge is 0.486 e. The summed E-state index contributed by atoms with van der Waals surface area (Å²) in [5, 5.41) is 9.02. The van der Waals surface area contributed by atoms with Crippen LogP contribution in [0.4, 0.5) is 0 Å². The van der Waals surface area contributed by atoms with Crippen molar-refractivity contribution in [1.29, 1.82) is 0 Å². The highest BCUT2D eigenvalue weighted by molar-refractivity contribution is 5.45. The molecule has 0 amide bonds. The van der Waals surface area contributed by atoms with Gasteiger partial charge >= 0.3 is 0 Å². The smallest absolute Gasteiger partial charge is 0.161 e. The Morgan fingerprint density at radius 2 is 2.00 bits per heavy atom. The van der Waals surface area contributed by atoms with Crippen LogP contribution in [0.15, 0.2) is 18.2 Å². The highest BCUT2D eigenvalue weighted by atomic mass is 16.6. The fraction of sp³-hybridized carbons (Fsp3) is 0.500. The third-order valence-corrected chi connectivity index (χ3v) is 3.15. The second kappa shape index (κ2) is 3.42. The molecule has 15 heavy (non-hydrogen) atoms. The summed E-state index contributed by atoms with van der Waals surface area (Å²) in [7, 11) is 0. The van der Waals surface area contributed by atoms with Gasteiger partial charge in [0.2, 0.25) is 0 Å². The van der Waals surface area contributed by atoms with Crippen molar-refractivity contribution in [2.24, 2.45) is 5.92 Å². The molecule has 2 unspecified atom stereocenters. The molecule has 1 aliphatic heterocycles. The minimum Gasteiger partial charge on any atom is -0.486 e. The molecule has 0 bridgehead atoms. The molecular weight excluding hydrogens is 192 g/mol. The molecule has 0 saturated heterocycles. The molecule has 3 nitrogen and oxygen atoms in total. The highest BCUT2D eigenvalue weighted by Gasteiger charge is 2.38. The van der Waals surface area contributed by atoms with E-state index in [1.54, 1.807) is 0 Å². The average Bonchev–Trinajstić information content (AvgIpc) is 3.08. The van der Waals surface area contributed by atoms with E-state index in [9.17, 15) is 0 Å². The van der Waals surface area contributed by atoms with E-state index in [0.29, 0.717) is 31.7 Å². The van der Waals surface area contributed by atoms with Gasteiger partial charge in [-0.15, -0.1) is 0 Å². The quantitative estimate of drug-likeness (QED) is 0.798. The van der Waals surface area contributed by atoms with E-state index in [4.69, 9.17) is 14.6 Å². The number of aliphatic hydroxyl groups excluding tert-OH is 1. The zero-order valence-corrected chi connectivity index (χ0v) is 8.48. The summed E-state index contributed by atoms with van der Waals surface area (Å²) in [6, 6.07) is 6.10. The standard InChI is InChI=1S/C12H14O3/c13-7-9-5-10(9)8-1-2-11-12(6-8)15-4-3-14-11/h1-2,6,9-10,13H,3-5,7H2. The van der Waals surface area contributed by atoms with Crippen molar-refractivity contribution in [2.45, 2.75) is 12.3 Å². The number of fused-ring (bicyclic) bond motifs is 1. The zero-order chi connectivity index (χ0) is 10.3. The second-order valence-electron chi connectivity index (χ2n) is 4.19. The minimum atomic E-state index is 0.291. The number of benzene rings is 1. The van der Waals surface area contributed by atoms with Crippen molar-refractivity contribution >= 4 is 0 Å². The first-order valence-corrected chi connectivity index (χ1v) is 5.39. The molecule has 2 aliphatic rings. The van der Waals surface area contributed by atoms with Gasteiger partial charge in [-0.05, 0) is 36.0 Å². The topological polar surface area (TPSA) is 38.7 Å². The van der Waals surface area contributed by atoms with Crippen LogP contribution in [0.5, 0.6) is 11.5 Å². The van der Waals surface area contributed by atoms with Crippen molar-refractivity contribution < 1.29 is 14.6 Å². The number of hydrogen-bond donors (Lipinski definition) is 1. The number of rotatable bonds is 2. The second-order valence-corrected chi connectivity index (χ2v) is 4.19. The third kappa shape index (κ3) is 1.57. The van der Waals surface area contributed by atoms with E-state index in [2.05, 4.69) is 12.1 Å². The molecule has 3 heteroatoms. The summed E-state index contributed by atoms with van der Waals surface area (Å²) >= 11 is 0. The van der Waals surface area contributed by atoms with Crippen LogP contribution in [0.3, 0.4) is 0 Å². The lowest BCUT2D eigenvalue weighted by atomic mass is 10.1. The van der Waals surface area contributed by atoms with Gasteiger partial charge in [-0.3, -0.25) is 0 Å². The molecule has 80 valence electrons. The van der Waals surface area contributed by atoms with Crippen molar-refractivity contribution in [2.75, 3.05) is 19.8 Å². The maximum absolute atomic E-state index is 9.02. The predicted molar refractivity (Wildman–Crippen MR) is 55.4 cm³/mol. The number of hydrogen-bond acceptors (Lipinski definition) is 3. The van der Waals surface area contributed by atoms with E-state index in [-0.39, 0.29) is 0 Å². The fourth-order valence-corrected chi connectivity index (χ4v) is 2.15. The maximum atomic E-state index is 9.02. The molecule has 0 spiro atoms. The lowest BCUT2D eigenvalue weighted by Gasteiger charge is -2.18. The van der Waals surface area contributed by atoms with Crippen molar-refractivity contribution in [3.8, 4) is 11.5 Å². The van der Waals surface area contributed by atoms with Crippen LogP contribution >= 0.6 is 0 Å². The Balaban J connectivity index is 1.85. The lowest BCUT2D eigenvalue weighted by Crippen LogP contribution is -2.15. The molecule has 0 radical (unpaired) electrons. The Kier molecular flexibility index (Phi) is 2.06. The molecule has 1 N–H and O–H groups in total. The Bertz CT molecular complexity index is 375. The van der Waals surface area contributed by atoms with E-state index in [1.165, 1.54) is 5.56 Å². The molecule has 1 aromatic carbocycles. The summed E-state index contributed by atoms with van der Waals surface area (Å²) in [5.74, 6) is 2.66. The van der Waals surface area contributed by atoms with Crippen molar-refractivity contribution in [3.05, 3.63) is 23.8 Å². The molecule has 1 fully saturated rings. The Morgan fingerprint density at radius 1 is 1.20 bits per heavy atom. The Morgan fingerprint density at radius 3 is 2.73 bits per heavy atom. The van der Waals surface area contributed by atoms with Crippen LogP contribution in [0.25, 0.3) is 0 Å². The summed E-state index contributed by atoms with van der Waals surface area (Å²) in [4.78, 5) is 0. The van der Waals surface area contributed by atoms with Crippen LogP contribution in [-0.2, 0) is 0 Å². The van der Waals surface area contributed by atoms with Crippen LogP contribution in [0.1, 0.15) is 17.9 Å². The third-order valence-electron chi connectivity index (χ3n) is 3.15. The van der Waals surface area contributed by atoms with Crippen LogP contribution in [0.2, 0.25) is 0 Å². The highest BCUT2D eigenvalue weighted by Crippen LogP contribution is 2.48. The zero-order valence-electron chi connectivity index (χ0n) is 8.48. The molecule has 1 saturated carbocycles. The molecular formula is C12H14O3. The van der Waals surface area contributed by atoms with E-state index in [0.717, 1.165) is 17.9 Å². The summed E-state index contributed by atoms with van der Waals surface area (Å²) < 4.78 is 11.0. The van der Waals surface area contributed by atoms with Crippen LogP contribution in [0, 0.1) is 5.92 Å². The van der Waals surface area contributed by atoms with Gasteiger partial charge in [-0.1, -0.05) is 6.07 Å². The Labute approximate surface area is 88.6 Å². The number of ether oxygens (including phenoxy) is 2. The van der Waals surface area contributed by atoms with Gasteiger partial charge in [0.25, 0.3) is 0 Å². The first-order chi connectivity index (χ1) is 7.38. The minimum absolute atomic E-state index is 0.291. The van der Waals surface area contributed by atoms with Gasteiger partial charge in [-0.2, -0.15) is 0 Å². The molecule has 1 aliphatic carbocycles. The van der Waals surface area contributed by atoms with Crippen molar-refractivity contribution in [3.63, 3.8) is 0 Å². The monoisotopic (exact) mass is 206 g/mol. The van der Waals surface area contributed by atoms with Crippen LogP contribution in [-0.4, -0.2) is 24.9 Å². The Hall–Kier alpha value is -1.22. The molecule has 1 heterocycles. The summed E-state index contributed by atoms with van der Waals surface area (Å²) in [6.07, 6.45) is 1.09. The number of aliphatic hydroxyl groups is 1. The van der Waals surface area contributed by atoms with E-state index in [1.807, 2.05) is 6.07 Å². The average molecular weight is 206 g/mol. The van der Waals surface area contributed by atoms with Gasteiger partial charge in [0.05, 0.1) is 0 Å². The molecule has 0 aromatic heterocycles. The maximum Gasteiger partial charge on any atom is 0.161 e. The fourth-order valence-electron chi connectivity index (χ4n) is 2.15. The molecule has 1 aromatic rings. The van der Waals surface area contributed by atoms with Gasteiger partial charge in [0.15, 0.2) is 11.5 Å². The molecule has 3 rings (SSSR count). The molecule has 2 atom stereocenters. The first kappa shape index (κ1) is 9.04. The lowest BCUT2D eigenvalue weighted by molar-refractivity contribution is 0.171. The van der Waals surface area contributed by atoms with Crippen molar-refractivity contribution in [1.82, 2.24) is 0 Å². The van der Waals surface area contributed by atoms with Gasteiger partial charge < -0.3 is 14.6 Å². The predicted octanol–water partition coefficient (Wildman–Crippen LogP) is 1.55. The normalized spacial score (nSPS) is 27.5. The van der Waals surface area contributed by atoms with E-state index >= 15 is 0 Å². The summed E-state index contributed by atoms with van der Waals surface area (Å²) in [5.41, 5.74) is 1.26. The first-order valence-electron chi connectivity index (χ1n) is 5.39. The van der Waals surface area contributed by atoms with Gasteiger partial charge in [0, 0.05) is 6.61 Å².